The third-order valence-corrected chi connectivity index (χ3v) is 4.64. The summed E-state index contributed by atoms with van der Waals surface area (Å²) < 4.78 is 5.41. The second kappa shape index (κ2) is 9.36. The maximum absolute atomic E-state index is 5.41. The van der Waals surface area contributed by atoms with E-state index >= 15 is 0 Å². The topological polar surface area (TPSA) is 40.1 Å². The van der Waals surface area contributed by atoms with Crippen LogP contribution in [0.25, 0.3) is 0 Å². The first-order valence-electron chi connectivity index (χ1n) is 9.02. The van der Waals surface area contributed by atoms with E-state index in [1.165, 1.54) is 12.8 Å². The molecule has 5 nitrogen and oxygen atoms in total. The molecule has 22 heavy (non-hydrogen) atoms. The summed E-state index contributed by atoms with van der Waals surface area (Å²) in [6.45, 7) is 16.0. The lowest BCUT2D eigenvalue weighted by Crippen LogP contribution is -2.45. The number of hydrogen-bond donors (Lipinski definition) is 1. The number of hydrogen-bond acceptors (Lipinski definition) is 3. The minimum absolute atomic E-state index is 0.593. The highest BCUT2D eigenvalue weighted by Crippen LogP contribution is 2.16. The summed E-state index contributed by atoms with van der Waals surface area (Å²) in [5.74, 6) is 2.57. The molecule has 1 N–H and O–H groups in total. The summed E-state index contributed by atoms with van der Waals surface area (Å²) in [5, 5.41) is 3.47. The van der Waals surface area contributed by atoms with E-state index in [1.54, 1.807) is 0 Å². The van der Waals surface area contributed by atoms with Crippen molar-refractivity contribution in [1.82, 2.24) is 15.1 Å². The van der Waals surface area contributed by atoms with Gasteiger partial charge in [0.15, 0.2) is 5.96 Å². The number of guanidine groups is 1. The van der Waals surface area contributed by atoms with Crippen LogP contribution in [0, 0.1) is 11.8 Å². The molecule has 2 heterocycles. The number of ether oxygens (including phenoxy) is 1. The van der Waals surface area contributed by atoms with Gasteiger partial charge in [0.1, 0.15) is 0 Å². The number of morpholine rings is 1. The summed E-state index contributed by atoms with van der Waals surface area (Å²) in [5.41, 5.74) is 0. The first kappa shape index (κ1) is 17.5. The molecule has 0 amide bonds. The molecule has 128 valence electrons. The summed E-state index contributed by atoms with van der Waals surface area (Å²) >= 11 is 0. The highest BCUT2D eigenvalue weighted by Gasteiger charge is 2.19. The van der Waals surface area contributed by atoms with E-state index in [1.807, 2.05) is 0 Å². The SMILES string of the molecule is CCNC(=NCC(C)CN1CCOCC1)N1CCC(C)CC1. The van der Waals surface area contributed by atoms with Crippen LogP contribution in [0.15, 0.2) is 4.99 Å². The Labute approximate surface area is 136 Å². The second-order valence-electron chi connectivity index (χ2n) is 6.88. The van der Waals surface area contributed by atoms with Crippen molar-refractivity contribution in [3.63, 3.8) is 0 Å². The van der Waals surface area contributed by atoms with Gasteiger partial charge < -0.3 is 15.0 Å². The molecule has 0 aromatic heterocycles. The Hall–Kier alpha value is -0.810. The largest absolute Gasteiger partial charge is 0.379 e. The van der Waals surface area contributed by atoms with Crippen LogP contribution in [-0.4, -0.2) is 74.8 Å². The van der Waals surface area contributed by atoms with Crippen molar-refractivity contribution in [3.05, 3.63) is 0 Å². The minimum atomic E-state index is 0.593. The lowest BCUT2D eigenvalue weighted by Gasteiger charge is -2.33. The van der Waals surface area contributed by atoms with Crippen LogP contribution in [0.1, 0.15) is 33.6 Å². The Morgan fingerprint density at radius 1 is 1.23 bits per heavy atom. The minimum Gasteiger partial charge on any atom is -0.379 e. The molecule has 0 aliphatic carbocycles. The third-order valence-electron chi connectivity index (χ3n) is 4.64. The number of rotatable bonds is 5. The Balaban J connectivity index is 1.80. The number of aliphatic imine (C=N–C) groups is 1. The molecule has 2 aliphatic rings. The zero-order valence-electron chi connectivity index (χ0n) is 14.7. The van der Waals surface area contributed by atoms with Gasteiger partial charge in [-0.05, 0) is 31.6 Å². The molecule has 0 bridgehead atoms. The molecule has 2 saturated heterocycles. The zero-order valence-corrected chi connectivity index (χ0v) is 14.7. The Morgan fingerprint density at radius 2 is 1.91 bits per heavy atom. The van der Waals surface area contributed by atoms with Crippen LogP contribution in [0.2, 0.25) is 0 Å². The fourth-order valence-corrected chi connectivity index (χ4v) is 3.17. The first-order valence-corrected chi connectivity index (χ1v) is 9.02. The van der Waals surface area contributed by atoms with Crippen LogP contribution >= 0.6 is 0 Å². The predicted molar refractivity (Wildman–Crippen MR) is 92.4 cm³/mol. The summed E-state index contributed by atoms with van der Waals surface area (Å²) in [4.78, 5) is 9.84. The fourth-order valence-electron chi connectivity index (χ4n) is 3.17. The van der Waals surface area contributed by atoms with Crippen molar-refractivity contribution in [3.8, 4) is 0 Å². The molecule has 2 fully saturated rings. The molecular weight excluding hydrogens is 276 g/mol. The second-order valence-corrected chi connectivity index (χ2v) is 6.88. The Kier molecular flexibility index (Phi) is 7.46. The third kappa shape index (κ3) is 5.76. The average molecular weight is 310 g/mol. The molecule has 0 spiro atoms. The molecule has 5 heteroatoms. The number of piperidine rings is 1. The molecule has 0 aromatic rings. The van der Waals surface area contributed by atoms with Crippen LogP contribution in [0.4, 0.5) is 0 Å². The van der Waals surface area contributed by atoms with Gasteiger partial charge in [-0.25, -0.2) is 0 Å². The van der Waals surface area contributed by atoms with Crippen molar-refractivity contribution in [1.29, 1.82) is 0 Å². The number of nitrogens with zero attached hydrogens (tertiary/aromatic N) is 3. The maximum Gasteiger partial charge on any atom is 0.193 e. The maximum atomic E-state index is 5.41. The van der Waals surface area contributed by atoms with E-state index in [9.17, 15) is 0 Å². The Bertz CT molecular complexity index is 334. The van der Waals surface area contributed by atoms with Gasteiger partial charge in [0, 0.05) is 45.8 Å². The lowest BCUT2D eigenvalue weighted by molar-refractivity contribution is 0.0323. The molecule has 0 radical (unpaired) electrons. The van der Waals surface area contributed by atoms with Gasteiger partial charge in [0.2, 0.25) is 0 Å². The molecular formula is C17H34N4O. The van der Waals surface area contributed by atoms with E-state index in [0.29, 0.717) is 5.92 Å². The van der Waals surface area contributed by atoms with Crippen molar-refractivity contribution in [2.24, 2.45) is 16.8 Å². The molecule has 1 unspecified atom stereocenters. The summed E-state index contributed by atoms with van der Waals surface area (Å²) in [6, 6.07) is 0. The van der Waals surface area contributed by atoms with Gasteiger partial charge in [-0.3, -0.25) is 9.89 Å². The zero-order chi connectivity index (χ0) is 15.8. The van der Waals surface area contributed by atoms with E-state index in [4.69, 9.17) is 9.73 Å². The monoisotopic (exact) mass is 310 g/mol. The van der Waals surface area contributed by atoms with Crippen molar-refractivity contribution < 1.29 is 4.74 Å². The highest BCUT2D eigenvalue weighted by atomic mass is 16.5. The standard InChI is InChI=1S/C17H34N4O/c1-4-18-17(21-7-5-15(2)6-8-21)19-13-16(3)14-20-9-11-22-12-10-20/h15-16H,4-14H2,1-3H3,(H,18,19). The average Bonchev–Trinajstić information content (AvgIpc) is 2.53. The van der Waals surface area contributed by atoms with Gasteiger partial charge in [0.05, 0.1) is 13.2 Å². The number of likely N-dealkylation sites (tertiary alicyclic amines) is 1. The van der Waals surface area contributed by atoms with E-state index in [0.717, 1.165) is 70.9 Å². The van der Waals surface area contributed by atoms with Gasteiger partial charge in [-0.2, -0.15) is 0 Å². The van der Waals surface area contributed by atoms with Crippen molar-refractivity contribution in [2.75, 3.05) is 59.0 Å². The molecule has 2 aliphatic heterocycles. The quantitative estimate of drug-likeness (QED) is 0.619. The van der Waals surface area contributed by atoms with Gasteiger partial charge in [-0.1, -0.05) is 13.8 Å². The van der Waals surface area contributed by atoms with Gasteiger partial charge in [-0.15, -0.1) is 0 Å². The van der Waals surface area contributed by atoms with Crippen LogP contribution < -0.4 is 5.32 Å². The van der Waals surface area contributed by atoms with E-state index < -0.39 is 0 Å². The van der Waals surface area contributed by atoms with Crippen LogP contribution in [0.3, 0.4) is 0 Å². The van der Waals surface area contributed by atoms with Gasteiger partial charge >= 0.3 is 0 Å². The van der Waals surface area contributed by atoms with Gasteiger partial charge in [0.25, 0.3) is 0 Å². The molecule has 1 atom stereocenters. The van der Waals surface area contributed by atoms with E-state index in [2.05, 4.69) is 35.9 Å². The fraction of sp³-hybridized carbons (Fsp3) is 0.941. The predicted octanol–water partition coefficient (Wildman–Crippen LogP) is 1.65. The van der Waals surface area contributed by atoms with E-state index in [-0.39, 0.29) is 0 Å². The summed E-state index contributed by atoms with van der Waals surface area (Å²) in [6.07, 6.45) is 2.57. The van der Waals surface area contributed by atoms with Crippen LogP contribution in [0.5, 0.6) is 0 Å². The normalized spacial score (nSPS) is 23.6. The van der Waals surface area contributed by atoms with Crippen LogP contribution in [-0.2, 0) is 4.74 Å². The highest BCUT2D eigenvalue weighted by molar-refractivity contribution is 5.80. The smallest absolute Gasteiger partial charge is 0.193 e. The molecule has 0 saturated carbocycles. The summed E-state index contributed by atoms with van der Waals surface area (Å²) in [7, 11) is 0. The lowest BCUT2D eigenvalue weighted by atomic mass is 9.99. The Morgan fingerprint density at radius 3 is 2.55 bits per heavy atom. The first-order chi connectivity index (χ1) is 10.7. The molecule has 2 rings (SSSR count). The molecule has 0 aromatic carbocycles. The van der Waals surface area contributed by atoms with Crippen molar-refractivity contribution >= 4 is 5.96 Å². The van der Waals surface area contributed by atoms with Crippen molar-refractivity contribution in [2.45, 2.75) is 33.6 Å². The number of nitrogens with one attached hydrogen (secondary N) is 1.